The fraction of sp³-hybridized carbons (Fsp3) is 0.417. The van der Waals surface area contributed by atoms with Gasteiger partial charge in [-0.25, -0.2) is 0 Å². The monoisotopic (exact) mass is 265 g/mol. The van der Waals surface area contributed by atoms with Crippen molar-refractivity contribution in [2.45, 2.75) is 13.0 Å². The van der Waals surface area contributed by atoms with Gasteiger partial charge in [-0.2, -0.15) is 0 Å². The normalized spacial score (nSPS) is 18.9. The number of ether oxygens (including phenoxy) is 1. The fourth-order valence-corrected chi connectivity index (χ4v) is 1.81. The summed E-state index contributed by atoms with van der Waals surface area (Å²) in [5.41, 5.74) is 1.18. The maximum atomic E-state index is 12.0. The highest BCUT2D eigenvalue weighted by atomic mass is 16.6. The second-order valence-corrected chi connectivity index (χ2v) is 4.33. The maximum Gasteiger partial charge on any atom is 0.271 e. The van der Waals surface area contributed by atoms with Crippen molar-refractivity contribution in [1.82, 2.24) is 5.32 Å². The Kier molecular flexibility index (Phi) is 4.08. The Morgan fingerprint density at radius 2 is 2.37 bits per heavy atom. The summed E-state index contributed by atoms with van der Waals surface area (Å²) in [5.74, 6) is -0.247. The molecule has 2 rings (SSSR count). The number of non-ortho nitro benzene ring substituents is 1. The van der Waals surface area contributed by atoms with Crippen LogP contribution in [0.1, 0.15) is 5.56 Å². The van der Waals surface area contributed by atoms with Gasteiger partial charge in [0.05, 0.1) is 23.8 Å². The average molecular weight is 265 g/mol. The SMILES string of the molecule is Cc1ccc([N+](=O)[O-])cc1NC(=O)C1COCCN1. The second-order valence-electron chi connectivity index (χ2n) is 4.33. The molecule has 102 valence electrons. The van der Waals surface area contributed by atoms with Gasteiger partial charge in [-0.1, -0.05) is 6.07 Å². The van der Waals surface area contributed by atoms with Crippen LogP contribution in [0.4, 0.5) is 11.4 Å². The molecule has 7 nitrogen and oxygen atoms in total. The standard InChI is InChI=1S/C12H15N3O4/c1-8-2-3-9(15(17)18)6-10(8)14-12(16)11-7-19-5-4-13-11/h2-3,6,11,13H,4-5,7H2,1H3,(H,14,16). The van der Waals surface area contributed by atoms with Gasteiger partial charge in [0.2, 0.25) is 5.91 Å². The molecule has 1 atom stereocenters. The third-order valence-electron chi connectivity index (χ3n) is 2.93. The number of hydrogen-bond donors (Lipinski definition) is 2. The molecule has 1 aliphatic heterocycles. The van der Waals surface area contributed by atoms with Crippen molar-refractivity contribution < 1.29 is 14.5 Å². The van der Waals surface area contributed by atoms with E-state index in [0.29, 0.717) is 25.4 Å². The molecule has 1 fully saturated rings. The van der Waals surface area contributed by atoms with Crippen molar-refractivity contribution >= 4 is 17.3 Å². The topological polar surface area (TPSA) is 93.5 Å². The van der Waals surface area contributed by atoms with E-state index in [0.717, 1.165) is 5.56 Å². The van der Waals surface area contributed by atoms with Gasteiger partial charge in [0, 0.05) is 18.7 Å². The molecular weight excluding hydrogens is 250 g/mol. The smallest absolute Gasteiger partial charge is 0.271 e. The highest BCUT2D eigenvalue weighted by molar-refractivity contribution is 5.95. The van der Waals surface area contributed by atoms with Crippen molar-refractivity contribution in [3.8, 4) is 0 Å². The summed E-state index contributed by atoms with van der Waals surface area (Å²) >= 11 is 0. The number of carbonyl (C=O) groups excluding carboxylic acids is 1. The van der Waals surface area contributed by atoms with E-state index in [-0.39, 0.29) is 11.6 Å². The molecule has 2 N–H and O–H groups in total. The number of nitro benzene ring substituents is 1. The number of hydrogen-bond acceptors (Lipinski definition) is 5. The molecule has 1 aliphatic rings. The van der Waals surface area contributed by atoms with Crippen molar-refractivity contribution in [1.29, 1.82) is 0 Å². The van der Waals surface area contributed by atoms with Crippen LogP contribution >= 0.6 is 0 Å². The number of nitrogens with one attached hydrogen (secondary N) is 2. The van der Waals surface area contributed by atoms with Gasteiger partial charge in [0.15, 0.2) is 0 Å². The molecule has 7 heteroatoms. The summed E-state index contributed by atoms with van der Waals surface area (Å²) < 4.78 is 5.20. The van der Waals surface area contributed by atoms with Gasteiger partial charge in [-0.3, -0.25) is 14.9 Å². The van der Waals surface area contributed by atoms with E-state index >= 15 is 0 Å². The molecule has 1 aromatic carbocycles. The van der Waals surface area contributed by atoms with E-state index in [2.05, 4.69) is 10.6 Å². The predicted octanol–water partition coefficient (Wildman–Crippen LogP) is 0.830. The van der Waals surface area contributed by atoms with Crippen LogP contribution in [0, 0.1) is 17.0 Å². The zero-order valence-electron chi connectivity index (χ0n) is 10.5. The average Bonchev–Trinajstić information content (AvgIpc) is 2.42. The van der Waals surface area contributed by atoms with Gasteiger partial charge in [-0.05, 0) is 12.5 Å². The highest BCUT2D eigenvalue weighted by Crippen LogP contribution is 2.22. The lowest BCUT2D eigenvalue weighted by atomic mass is 10.1. The largest absolute Gasteiger partial charge is 0.378 e. The Balaban J connectivity index is 2.11. The molecule has 1 amide bonds. The quantitative estimate of drug-likeness (QED) is 0.623. The molecule has 1 saturated heterocycles. The Morgan fingerprint density at radius 1 is 1.58 bits per heavy atom. The van der Waals surface area contributed by atoms with E-state index in [9.17, 15) is 14.9 Å². The van der Waals surface area contributed by atoms with Crippen LogP contribution in [0.3, 0.4) is 0 Å². The zero-order chi connectivity index (χ0) is 13.8. The van der Waals surface area contributed by atoms with Crippen LogP contribution in [0.5, 0.6) is 0 Å². The van der Waals surface area contributed by atoms with Crippen LogP contribution in [0.15, 0.2) is 18.2 Å². The molecular formula is C12H15N3O4. The summed E-state index contributed by atoms with van der Waals surface area (Å²) in [4.78, 5) is 22.2. The van der Waals surface area contributed by atoms with Crippen LogP contribution in [0.2, 0.25) is 0 Å². The van der Waals surface area contributed by atoms with E-state index in [4.69, 9.17) is 4.74 Å². The van der Waals surface area contributed by atoms with E-state index < -0.39 is 11.0 Å². The van der Waals surface area contributed by atoms with Crippen molar-refractivity contribution in [2.75, 3.05) is 25.1 Å². The first-order valence-corrected chi connectivity index (χ1v) is 5.95. The lowest BCUT2D eigenvalue weighted by molar-refractivity contribution is -0.384. The van der Waals surface area contributed by atoms with Gasteiger partial charge < -0.3 is 15.4 Å². The van der Waals surface area contributed by atoms with Gasteiger partial charge in [0.25, 0.3) is 5.69 Å². The summed E-state index contributed by atoms with van der Waals surface area (Å²) in [5, 5.41) is 16.4. The molecule has 1 unspecified atom stereocenters. The number of anilines is 1. The number of carbonyl (C=O) groups is 1. The first kappa shape index (κ1) is 13.4. The first-order valence-electron chi connectivity index (χ1n) is 5.95. The molecule has 1 aromatic rings. The van der Waals surface area contributed by atoms with E-state index in [1.807, 2.05) is 0 Å². The first-order chi connectivity index (χ1) is 9.08. The lowest BCUT2D eigenvalue weighted by Crippen LogP contribution is -2.48. The number of amides is 1. The minimum absolute atomic E-state index is 0.0475. The molecule has 0 aromatic heterocycles. The van der Waals surface area contributed by atoms with Crippen molar-refractivity contribution in [3.05, 3.63) is 33.9 Å². The van der Waals surface area contributed by atoms with Gasteiger partial charge in [0.1, 0.15) is 6.04 Å². The minimum atomic E-state index is -0.489. The molecule has 0 bridgehead atoms. The summed E-state index contributed by atoms with van der Waals surface area (Å²) in [6, 6.07) is 3.95. The van der Waals surface area contributed by atoms with E-state index in [1.54, 1.807) is 13.0 Å². The number of benzene rings is 1. The third kappa shape index (κ3) is 3.27. The summed E-state index contributed by atoms with van der Waals surface area (Å²) in [6.07, 6.45) is 0. The minimum Gasteiger partial charge on any atom is -0.378 e. The third-order valence-corrected chi connectivity index (χ3v) is 2.93. The Hall–Kier alpha value is -1.99. The van der Waals surface area contributed by atoms with Crippen LogP contribution in [-0.2, 0) is 9.53 Å². The molecule has 1 heterocycles. The summed E-state index contributed by atoms with van der Waals surface area (Å²) in [6.45, 7) is 3.29. The summed E-state index contributed by atoms with van der Waals surface area (Å²) in [7, 11) is 0. The number of aryl methyl sites for hydroxylation is 1. The predicted molar refractivity (Wildman–Crippen MR) is 69.1 cm³/mol. The maximum absolute atomic E-state index is 12.0. The molecule has 19 heavy (non-hydrogen) atoms. The number of morpholine rings is 1. The van der Waals surface area contributed by atoms with Crippen LogP contribution < -0.4 is 10.6 Å². The number of nitrogens with zero attached hydrogens (tertiary/aromatic N) is 1. The molecule has 0 radical (unpaired) electrons. The highest BCUT2D eigenvalue weighted by Gasteiger charge is 2.22. The lowest BCUT2D eigenvalue weighted by Gasteiger charge is -2.23. The Labute approximate surface area is 110 Å². The zero-order valence-corrected chi connectivity index (χ0v) is 10.5. The molecule has 0 spiro atoms. The van der Waals surface area contributed by atoms with Gasteiger partial charge in [-0.15, -0.1) is 0 Å². The molecule has 0 aliphatic carbocycles. The van der Waals surface area contributed by atoms with Crippen molar-refractivity contribution in [3.63, 3.8) is 0 Å². The van der Waals surface area contributed by atoms with Crippen LogP contribution in [0.25, 0.3) is 0 Å². The second kappa shape index (κ2) is 5.77. The fourth-order valence-electron chi connectivity index (χ4n) is 1.81. The number of rotatable bonds is 3. The Bertz CT molecular complexity index is 498. The Morgan fingerprint density at radius 3 is 3.00 bits per heavy atom. The van der Waals surface area contributed by atoms with Gasteiger partial charge >= 0.3 is 0 Å². The number of nitro groups is 1. The van der Waals surface area contributed by atoms with Crippen molar-refractivity contribution in [2.24, 2.45) is 0 Å². The van der Waals surface area contributed by atoms with E-state index in [1.165, 1.54) is 12.1 Å². The van der Waals surface area contributed by atoms with Crippen LogP contribution in [-0.4, -0.2) is 36.6 Å². The molecule has 0 saturated carbocycles.